The van der Waals surface area contributed by atoms with Gasteiger partial charge in [-0.15, -0.1) is 0 Å². The predicted octanol–water partition coefficient (Wildman–Crippen LogP) is 0.923. The normalized spacial score (nSPS) is 24.7. The van der Waals surface area contributed by atoms with E-state index >= 15 is 0 Å². The fraction of sp³-hybridized carbons (Fsp3) is 0.500. The van der Waals surface area contributed by atoms with Crippen molar-refractivity contribution in [3.8, 4) is 0 Å². The Kier molecular flexibility index (Phi) is 3.59. The van der Waals surface area contributed by atoms with Crippen LogP contribution in [0.15, 0.2) is 18.3 Å². The number of aliphatic hydroxyl groups excluding tert-OH is 1. The molecule has 0 bridgehead atoms. The molecule has 1 saturated heterocycles. The second-order valence-corrected chi connectivity index (χ2v) is 4.98. The van der Waals surface area contributed by atoms with Gasteiger partial charge in [0.05, 0.1) is 11.8 Å². The highest BCUT2D eigenvalue weighted by Crippen LogP contribution is 2.23. The van der Waals surface area contributed by atoms with Gasteiger partial charge in [-0.05, 0) is 24.5 Å². The largest absolute Gasteiger partial charge is 0.391 e. The van der Waals surface area contributed by atoms with E-state index in [9.17, 15) is 5.11 Å². The second kappa shape index (κ2) is 4.98. The Morgan fingerprint density at radius 3 is 3.06 bits per heavy atom. The number of anilines is 1. The number of pyridine rings is 1. The Balaban J connectivity index is 2.17. The molecule has 17 heavy (non-hydrogen) atoms. The van der Waals surface area contributed by atoms with E-state index in [2.05, 4.69) is 16.8 Å². The summed E-state index contributed by atoms with van der Waals surface area (Å²) in [5.74, 6) is 0.364. The predicted molar refractivity (Wildman–Crippen MR) is 72.1 cm³/mol. The molecule has 92 valence electrons. The van der Waals surface area contributed by atoms with Crippen molar-refractivity contribution >= 4 is 22.9 Å². The maximum atomic E-state index is 9.88. The van der Waals surface area contributed by atoms with Gasteiger partial charge in [-0.2, -0.15) is 0 Å². The van der Waals surface area contributed by atoms with Gasteiger partial charge in [-0.1, -0.05) is 19.1 Å². The van der Waals surface area contributed by atoms with Crippen LogP contribution < -0.4 is 10.6 Å². The first kappa shape index (κ1) is 12.3. The van der Waals surface area contributed by atoms with E-state index in [4.69, 9.17) is 18.0 Å². The molecule has 0 saturated carbocycles. The number of β-amino-alcohol motifs (C(OH)–C–C–N with tert-alkyl or cyclic N) is 1. The monoisotopic (exact) mass is 251 g/mol. The summed E-state index contributed by atoms with van der Waals surface area (Å²) in [6.45, 7) is 3.68. The van der Waals surface area contributed by atoms with Crippen LogP contribution in [0.2, 0.25) is 0 Å². The minimum Gasteiger partial charge on any atom is -0.391 e. The summed E-state index contributed by atoms with van der Waals surface area (Å²) >= 11 is 4.91. The molecule has 1 fully saturated rings. The molecule has 2 unspecified atom stereocenters. The van der Waals surface area contributed by atoms with Crippen molar-refractivity contribution in [2.75, 3.05) is 18.0 Å². The number of nitrogens with two attached hydrogens (primary N) is 1. The van der Waals surface area contributed by atoms with Gasteiger partial charge in [-0.25, -0.2) is 0 Å². The molecule has 0 spiro atoms. The van der Waals surface area contributed by atoms with Gasteiger partial charge in [0, 0.05) is 25.0 Å². The van der Waals surface area contributed by atoms with Crippen molar-refractivity contribution in [2.45, 2.75) is 19.4 Å². The van der Waals surface area contributed by atoms with E-state index < -0.39 is 0 Å². The molecule has 0 aliphatic carbocycles. The molecular weight excluding hydrogens is 234 g/mol. The zero-order valence-corrected chi connectivity index (χ0v) is 10.7. The maximum Gasteiger partial charge on any atom is 0.122 e. The minimum absolute atomic E-state index is 0.273. The van der Waals surface area contributed by atoms with Crippen LogP contribution in [-0.2, 0) is 0 Å². The third-order valence-corrected chi connectivity index (χ3v) is 3.49. The number of hydrogen-bond acceptors (Lipinski definition) is 4. The van der Waals surface area contributed by atoms with Crippen LogP contribution >= 0.6 is 12.2 Å². The molecule has 2 heterocycles. The molecule has 0 radical (unpaired) electrons. The molecule has 1 aromatic rings. The molecule has 0 aromatic carbocycles. The molecule has 3 N–H and O–H groups in total. The molecule has 0 amide bonds. The average Bonchev–Trinajstić information content (AvgIpc) is 2.33. The van der Waals surface area contributed by atoms with Gasteiger partial charge >= 0.3 is 0 Å². The minimum atomic E-state index is -0.273. The van der Waals surface area contributed by atoms with E-state index in [1.165, 1.54) is 0 Å². The Morgan fingerprint density at radius 2 is 2.41 bits per heavy atom. The van der Waals surface area contributed by atoms with Gasteiger partial charge in [-0.3, -0.25) is 4.98 Å². The number of piperidine rings is 1. The van der Waals surface area contributed by atoms with Gasteiger partial charge in [0.2, 0.25) is 0 Å². The number of aliphatic hydroxyl groups is 1. The lowest BCUT2D eigenvalue weighted by Crippen LogP contribution is -2.43. The second-order valence-electron chi connectivity index (χ2n) is 4.54. The number of rotatable bonds is 2. The van der Waals surface area contributed by atoms with Crippen molar-refractivity contribution in [3.05, 3.63) is 24.0 Å². The highest BCUT2D eigenvalue weighted by Gasteiger charge is 2.24. The molecule has 1 aliphatic rings. The highest BCUT2D eigenvalue weighted by molar-refractivity contribution is 7.80. The van der Waals surface area contributed by atoms with E-state index in [-0.39, 0.29) is 6.10 Å². The summed E-state index contributed by atoms with van der Waals surface area (Å²) in [4.78, 5) is 6.56. The lowest BCUT2D eigenvalue weighted by molar-refractivity contribution is 0.103. The molecule has 2 atom stereocenters. The van der Waals surface area contributed by atoms with Gasteiger partial charge in [0.25, 0.3) is 0 Å². The topological polar surface area (TPSA) is 62.4 Å². The fourth-order valence-electron chi connectivity index (χ4n) is 2.03. The lowest BCUT2D eigenvalue weighted by Gasteiger charge is -2.35. The first-order chi connectivity index (χ1) is 8.08. The van der Waals surface area contributed by atoms with Crippen LogP contribution in [0, 0.1) is 5.92 Å². The van der Waals surface area contributed by atoms with E-state index in [0.29, 0.717) is 23.1 Å². The first-order valence-corrected chi connectivity index (χ1v) is 6.17. The Hall–Kier alpha value is -1.20. The van der Waals surface area contributed by atoms with Crippen molar-refractivity contribution in [1.82, 2.24) is 4.98 Å². The van der Waals surface area contributed by atoms with E-state index in [0.717, 1.165) is 18.7 Å². The maximum absolute atomic E-state index is 9.88. The van der Waals surface area contributed by atoms with Gasteiger partial charge in [0.15, 0.2) is 0 Å². The first-order valence-electron chi connectivity index (χ1n) is 5.77. The SMILES string of the molecule is CC1CCN(c2ccnc(C(N)=S)c2)CC1O. The molecule has 1 aliphatic heterocycles. The summed E-state index contributed by atoms with van der Waals surface area (Å²) in [5, 5.41) is 9.88. The Morgan fingerprint density at radius 1 is 1.65 bits per heavy atom. The Bertz CT molecular complexity index is 424. The number of nitrogens with zero attached hydrogens (tertiary/aromatic N) is 2. The molecule has 5 heteroatoms. The van der Waals surface area contributed by atoms with Gasteiger partial charge in [0.1, 0.15) is 4.99 Å². The van der Waals surface area contributed by atoms with E-state index in [1.807, 2.05) is 12.1 Å². The summed E-state index contributed by atoms with van der Waals surface area (Å²) in [6, 6.07) is 3.80. The van der Waals surface area contributed by atoms with Crippen molar-refractivity contribution < 1.29 is 5.11 Å². The summed E-state index contributed by atoms with van der Waals surface area (Å²) in [5.41, 5.74) is 7.21. The van der Waals surface area contributed by atoms with Crippen molar-refractivity contribution in [1.29, 1.82) is 0 Å². The molecule has 4 nitrogen and oxygen atoms in total. The number of hydrogen-bond donors (Lipinski definition) is 2. The van der Waals surface area contributed by atoms with E-state index in [1.54, 1.807) is 6.20 Å². The highest BCUT2D eigenvalue weighted by atomic mass is 32.1. The molecular formula is C12H17N3OS. The number of thiocarbonyl (C=S) groups is 1. The lowest BCUT2D eigenvalue weighted by atomic mass is 9.96. The molecule has 1 aromatic heterocycles. The molecule has 2 rings (SSSR count). The summed E-state index contributed by atoms with van der Waals surface area (Å²) in [6.07, 6.45) is 2.42. The van der Waals surface area contributed by atoms with Crippen molar-refractivity contribution in [3.63, 3.8) is 0 Å². The Labute approximate surface area is 106 Å². The van der Waals surface area contributed by atoms with Crippen LogP contribution in [0.5, 0.6) is 0 Å². The quantitative estimate of drug-likeness (QED) is 0.765. The standard InChI is InChI=1S/C12H17N3OS/c1-8-3-5-15(7-11(8)16)9-2-4-14-10(6-9)12(13)17/h2,4,6,8,11,16H,3,5,7H2,1H3,(H2,13,17). The summed E-state index contributed by atoms with van der Waals surface area (Å²) < 4.78 is 0. The zero-order valence-electron chi connectivity index (χ0n) is 9.84. The zero-order chi connectivity index (χ0) is 12.4. The van der Waals surface area contributed by atoms with Crippen LogP contribution in [0.3, 0.4) is 0 Å². The van der Waals surface area contributed by atoms with Gasteiger partial charge < -0.3 is 15.7 Å². The summed E-state index contributed by atoms with van der Waals surface area (Å²) in [7, 11) is 0. The van der Waals surface area contributed by atoms with Crippen molar-refractivity contribution in [2.24, 2.45) is 11.7 Å². The third-order valence-electron chi connectivity index (χ3n) is 3.28. The smallest absolute Gasteiger partial charge is 0.122 e. The average molecular weight is 251 g/mol. The van der Waals surface area contributed by atoms with Crippen LogP contribution in [-0.4, -0.2) is 34.3 Å². The number of aromatic nitrogens is 1. The third kappa shape index (κ3) is 2.73. The van der Waals surface area contributed by atoms with Crippen LogP contribution in [0.1, 0.15) is 19.0 Å². The van der Waals surface area contributed by atoms with Crippen LogP contribution in [0.4, 0.5) is 5.69 Å². The fourth-order valence-corrected chi connectivity index (χ4v) is 2.15. The van der Waals surface area contributed by atoms with Crippen LogP contribution in [0.25, 0.3) is 0 Å².